The molecular weight excluding hydrogens is 309 g/mol. The van der Waals surface area contributed by atoms with Crippen molar-refractivity contribution >= 4 is 23.2 Å². The van der Waals surface area contributed by atoms with Gasteiger partial charge in [-0.05, 0) is 30.5 Å². The van der Waals surface area contributed by atoms with Gasteiger partial charge in [0, 0.05) is 16.6 Å². The lowest BCUT2D eigenvalue weighted by Crippen LogP contribution is -2.19. The second-order valence-electron chi connectivity index (χ2n) is 4.83. The molecule has 0 spiro atoms. The maximum absolute atomic E-state index is 6.36. The number of rotatable bonds is 6. The molecule has 4 nitrogen and oxygen atoms in total. The summed E-state index contributed by atoms with van der Waals surface area (Å²) in [5.41, 5.74) is 8.08. The maximum atomic E-state index is 6.36. The van der Waals surface area contributed by atoms with E-state index in [1.165, 1.54) is 0 Å². The van der Waals surface area contributed by atoms with Crippen molar-refractivity contribution in [2.75, 3.05) is 7.11 Å². The lowest BCUT2D eigenvalue weighted by Gasteiger charge is -2.17. The lowest BCUT2D eigenvalue weighted by molar-refractivity contribution is 0.400. The van der Waals surface area contributed by atoms with E-state index < -0.39 is 0 Å². The minimum absolute atomic E-state index is 0.286. The fourth-order valence-corrected chi connectivity index (χ4v) is 2.89. The minimum atomic E-state index is -0.286. The Kier molecular flexibility index (Phi) is 5.51. The molecule has 0 aliphatic heterocycles. The van der Waals surface area contributed by atoms with E-state index in [9.17, 15) is 0 Å². The largest absolute Gasteiger partial charge is 0.493 e. The fourth-order valence-electron chi connectivity index (χ4n) is 2.34. The summed E-state index contributed by atoms with van der Waals surface area (Å²) in [7, 11) is 1.62. The molecule has 0 saturated heterocycles. The highest BCUT2D eigenvalue weighted by Gasteiger charge is 2.20. The van der Waals surface area contributed by atoms with Crippen molar-refractivity contribution in [3.63, 3.8) is 0 Å². The molecule has 0 aliphatic rings. The molecule has 0 bridgehead atoms. The Hall–Kier alpha value is -1.23. The van der Waals surface area contributed by atoms with E-state index in [4.69, 9.17) is 33.7 Å². The quantitative estimate of drug-likeness (QED) is 0.876. The zero-order valence-electron chi connectivity index (χ0n) is 12.1. The number of halogens is 2. The van der Waals surface area contributed by atoms with Gasteiger partial charge in [0.1, 0.15) is 0 Å². The first-order valence-corrected chi connectivity index (χ1v) is 7.62. The van der Waals surface area contributed by atoms with Crippen molar-refractivity contribution in [3.8, 4) is 5.75 Å². The van der Waals surface area contributed by atoms with E-state index in [1.807, 2.05) is 22.9 Å². The third kappa shape index (κ3) is 3.51. The second kappa shape index (κ2) is 7.16. The molecule has 1 unspecified atom stereocenters. The van der Waals surface area contributed by atoms with Gasteiger partial charge in [-0.15, -0.1) is 0 Å². The molecule has 1 aromatic carbocycles. The van der Waals surface area contributed by atoms with Gasteiger partial charge in [-0.2, -0.15) is 5.10 Å². The van der Waals surface area contributed by atoms with Gasteiger partial charge in [-0.25, -0.2) is 0 Å². The summed E-state index contributed by atoms with van der Waals surface area (Å²) in [6, 6.07) is 5.17. The molecule has 2 N–H and O–H groups in total. The molecule has 2 rings (SSSR count). The highest BCUT2D eigenvalue weighted by atomic mass is 35.5. The van der Waals surface area contributed by atoms with E-state index in [2.05, 4.69) is 12.0 Å². The fraction of sp³-hybridized carbons (Fsp3) is 0.400. The van der Waals surface area contributed by atoms with Crippen LogP contribution in [0.1, 0.15) is 30.6 Å². The van der Waals surface area contributed by atoms with Gasteiger partial charge < -0.3 is 10.5 Å². The van der Waals surface area contributed by atoms with Gasteiger partial charge in [0.25, 0.3) is 0 Å². The van der Waals surface area contributed by atoms with Crippen molar-refractivity contribution in [1.82, 2.24) is 9.78 Å². The van der Waals surface area contributed by atoms with Crippen molar-refractivity contribution < 1.29 is 4.74 Å². The molecule has 1 heterocycles. The molecule has 0 radical (unpaired) electrons. The molecule has 1 aromatic heterocycles. The van der Waals surface area contributed by atoms with Crippen LogP contribution >= 0.6 is 23.2 Å². The Balaban J connectivity index is 2.31. The van der Waals surface area contributed by atoms with Gasteiger partial charge >= 0.3 is 0 Å². The van der Waals surface area contributed by atoms with Crippen LogP contribution in [0.5, 0.6) is 5.75 Å². The first-order chi connectivity index (χ1) is 10.1. The molecular formula is C15H19Cl2N3O. The zero-order valence-corrected chi connectivity index (χ0v) is 13.7. The Morgan fingerprint density at radius 2 is 2.00 bits per heavy atom. The smallest absolute Gasteiger partial charge is 0.161 e. The topological polar surface area (TPSA) is 53.1 Å². The van der Waals surface area contributed by atoms with Crippen LogP contribution in [0.2, 0.25) is 10.0 Å². The molecule has 0 saturated carbocycles. The predicted molar refractivity (Wildman–Crippen MR) is 86.2 cm³/mol. The van der Waals surface area contributed by atoms with Gasteiger partial charge in [0.15, 0.2) is 5.75 Å². The number of aryl methyl sites for hydroxylation is 1. The standard InChI is InChI=1S/C15H19Cl2N3O/c1-3-7-20-15(14(21-2)9-19-20)13(18)8-10-11(16)5-4-6-12(10)17/h4-6,9,13H,3,7-8,18H2,1-2H3. The van der Waals surface area contributed by atoms with Crippen molar-refractivity contribution in [3.05, 3.63) is 45.7 Å². The summed E-state index contributed by atoms with van der Waals surface area (Å²) in [5.74, 6) is 0.694. The number of nitrogens with two attached hydrogens (primary N) is 1. The van der Waals surface area contributed by atoms with Gasteiger partial charge in [0.05, 0.1) is 25.0 Å². The third-order valence-electron chi connectivity index (χ3n) is 3.34. The lowest BCUT2D eigenvalue weighted by atomic mass is 10.0. The van der Waals surface area contributed by atoms with E-state index in [1.54, 1.807) is 13.3 Å². The van der Waals surface area contributed by atoms with Crippen molar-refractivity contribution in [2.45, 2.75) is 32.4 Å². The molecule has 2 aromatic rings. The molecule has 21 heavy (non-hydrogen) atoms. The molecule has 1 atom stereocenters. The summed E-state index contributed by atoms with van der Waals surface area (Å²) in [6.45, 7) is 2.89. The summed E-state index contributed by atoms with van der Waals surface area (Å²) in [4.78, 5) is 0. The normalized spacial score (nSPS) is 12.4. The second-order valence-corrected chi connectivity index (χ2v) is 5.65. The van der Waals surface area contributed by atoms with Crippen molar-refractivity contribution in [1.29, 1.82) is 0 Å². The van der Waals surface area contributed by atoms with Gasteiger partial charge in [-0.3, -0.25) is 4.68 Å². The number of benzene rings is 1. The van der Waals surface area contributed by atoms with Crippen LogP contribution in [0.25, 0.3) is 0 Å². The maximum Gasteiger partial charge on any atom is 0.161 e. The number of hydrogen-bond acceptors (Lipinski definition) is 3. The number of aromatic nitrogens is 2. The Bertz CT molecular complexity index is 593. The average Bonchev–Trinajstić information content (AvgIpc) is 2.86. The summed E-state index contributed by atoms with van der Waals surface area (Å²) in [5, 5.41) is 5.58. The van der Waals surface area contributed by atoms with Crippen LogP contribution in [-0.2, 0) is 13.0 Å². The number of hydrogen-bond donors (Lipinski definition) is 1. The Morgan fingerprint density at radius 1 is 1.33 bits per heavy atom. The average molecular weight is 328 g/mol. The van der Waals surface area contributed by atoms with Gasteiger partial charge in [0.2, 0.25) is 0 Å². The van der Waals surface area contributed by atoms with Crippen LogP contribution < -0.4 is 10.5 Å². The summed E-state index contributed by atoms with van der Waals surface area (Å²) < 4.78 is 7.25. The van der Waals surface area contributed by atoms with E-state index >= 15 is 0 Å². The van der Waals surface area contributed by atoms with E-state index in [0.29, 0.717) is 22.2 Å². The van der Waals surface area contributed by atoms with Gasteiger partial charge in [-0.1, -0.05) is 36.2 Å². The van der Waals surface area contributed by atoms with Crippen LogP contribution in [0.3, 0.4) is 0 Å². The minimum Gasteiger partial charge on any atom is -0.493 e. The first-order valence-electron chi connectivity index (χ1n) is 6.86. The van der Waals surface area contributed by atoms with E-state index in [0.717, 1.165) is 24.2 Å². The monoisotopic (exact) mass is 327 g/mol. The van der Waals surface area contributed by atoms with Crippen LogP contribution in [-0.4, -0.2) is 16.9 Å². The zero-order chi connectivity index (χ0) is 15.4. The molecule has 6 heteroatoms. The highest BCUT2D eigenvalue weighted by Crippen LogP contribution is 2.31. The van der Waals surface area contributed by atoms with Crippen LogP contribution in [0.15, 0.2) is 24.4 Å². The van der Waals surface area contributed by atoms with Crippen molar-refractivity contribution in [2.24, 2.45) is 5.73 Å². The number of ether oxygens (including phenoxy) is 1. The molecule has 0 fully saturated rings. The highest BCUT2D eigenvalue weighted by molar-refractivity contribution is 6.36. The third-order valence-corrected chi connectivity index (χ3v) is 4.05. The number of nitrogens with zero attached hydrogens (tertiary/aromatic N) is 2. The first kappa shape index (κ1) is 16.1. The van der Waals surface area contributed by atoms with Crippen LogP contribution in [0, 0.1) is 0 Å². The Labute approximate surface area is 134 Å². The molecule has 114 valence electrons. The van der Waals surface area contributed by atoms with E-state index in [-0.39, 0.29) is 6.04 Å². The molecule has 0 amide bonds. The summed E-state index contributed by atoms with van der Waals surface area (Å²) >= 11 is 12.4. The SMILES string of the molecule is CCCn1ncc(OC)c1C(N)Cc1c(Cl)cccc1Cl. The predicted octanol–water partition coefficient (Wildman–Crippen LogP) is 3.85. The summed E-state index contributed by atoms with van der Waals surface area (Å²) in [6.07, 6.45) is 3.20. The van der Waals surface area contributed by atoms with Crippen LogP contribution in [0.4, 0.5) is 0 Å². The Morgan fingerprint density at radius 3 is 2.57 bits per heavy atom. The molecule has 0 aliphatic carbocycles. The number of methoxy groups -OCH3 is 1.